The molecule has 0 unspecified atom stereocenters. The summed E-state index contributed by atoms with van der Waals surface area (Å²) in [6, 6.07) is 7.01. The molecular weight excluding hydrogens is 244 g/mol. The average molecular weight is 262 g/mol. The summed E-state index contributed by atoms with van der Waals surface area (Å²) in [5, 5.41) is 5.55. The van der Waals surface area contributed by atoms with Crippen LogP contribution in [0.4, 0.5) is 11.4 Å². The van der Waals surface area contributed by atoms with Crippen molar-refractivity contribution in [3.63, 3.8) is 0 Å². The number of carbonyl (C=O) groups is 2. The summed E-state index contributed by atoms with van der Waals surface area (Å²) in [4.78, 5) is 24.9. The molecule has 0 bridgehead atoms. The Bertz CT molecular complexity index is 458. The molecule has 1 saturated heterocycles. The minimum atomic E-state index is -0.0595. The second-order valence-electron chi connectivity index (χ2n) is 4.55. The Labute approximate surface area is 112 Å². The van der Waals surface area contributed by atoms with Gasteiger partial charge in [-0.3, -0.25) is 14.5 Å². The molecule has 4 N–H and O–H groups in total. The number of hydrogen-bond donors (Lipinski definition) is 3. The molecule has 1 fully saturated rings. The van der Waals surface area contributed by atoms with Crippen LogP contribution in [0, 0.1) is 0 Å². The van der Waals surface area contributed by atoms with Crippen molar-refractivity contribution in [3.05, 3.63) is 24.3 Å². The van der Waals surface area contributed by atoms with Crippen molar-refractivity contribution in [3.8, 4) is 0 Å². The zero-order valence-electron chi connectivity index (χ0n) is 10.7. The van der Waals surface area contributed by atoms with Crippen LogP contribution in [0.1, 0.15) is 6.42 Å². The van der Waals surface area contributed by atoms with Crippen LogP contribution >= 0.6 is 0 Å². The van der Waals surface area contributed by atoms with Crippen LogP contribution in [0.2, 0.25) is 0 Å². The summed E-state index contributed by atoms with van der Waals surface area (Å²) >= 11 is 0. The van der Waals surface area contributed by atoms with E-state index in [9.17, 15) is 9.59 Å². The van der Waals surface area contributed by atoms with Gasteiger partial charge in [0.1, 0.15) is 0 Å². The number of nitrogens with zero attached hydrogens (tertiary/aromatic N) is 1. The fourth-order valence-corrected chi connectivity index (χ4v) is 1.93. The second-order valence-corrected chi connectivity index (χ2v) is 4.55. The summed E-state index contributed by atoms with van der Waals surface area (Å²) < 4.78 is 0. The van der Waals surface area contributed by atoms with E-state index in [1.165, 1.54) is 0 Å². The van der Waals surface area contributed by atoms with E-state index >= 15 is 0 Å². The molecule has 0 spiro atoms. The molecule has 102 valence electrons. The fourth-order valence-electron chi connectivity index (χ4n) is 1.93. The lowest BCUT2D eigenvalue weighted by atomic mass is 10.2. The first-order valence-corrected chi connectivity index (χ1v) is 6.28. The number of rotatable bonds is 4. The number of hydrogen-bond acceptors (Lipinski definition) is 4. The van der Waals surface area contributed by atoms with Crippen molar-refractivity contribution in [1.29, 1.82) is 0 Å². The molecule has 6 heteroatoms. The Morgan fingerprint density at radius 1 is 1.37 bits per heavy atom. The number of nitrogens with one attached hydrogen (secondary N) is 2. The number of amides is 2. The third kappa shape index (κ3) is 4.26. The van der Waals surface area contributed by atoms with Gasteiger partial charge in [0.25, 0.3) is 0 Å². The molecule has 0 saturated carbocycles. The van der Waals surface area contributed by atoms with Crippen LogP contribution in [0.25, 0.3) is 0 Å². The van der Waals surface area contributed by atoms with E-state index in [1.54, 1.807) is 24.3 Å². The van der Waals surface area contributed by atoms with Crippen molar-refractivity contribution in [2.24, 2.45) is 0 Å². The van der Waals surface area contributed by atoms with Crippen LogP contribution in [0.3, 0.4) is 0 Å². The Balaban J connectivity index is 1.75. The minimum Gasteiger partial charge on any atom is -0.399 e. The summed E-state index contributed by atoms with van der Waals surface area (Å²) in [6.07, 6.45) is 0.373. The number of benzene rings is 1. The van der Waals surface area contributed by atoms with E-state index in [2.05, 4.69) is 10.6 Å². The number of piperazine rings is 1. The van der Waals surface area contributed by atoms with Crippen molar-refractivity contribution < 1.29 is 9.59 Å². The van der Waals surface area contributed by atoms with Crippen LogP contribution in [0.5, 0.6) is 0 Å². The lowest BCUT2D eigenvalue weighted by molar-refractivity contribution is -0.125. The highest BCUT2D eigenvalue weighted by Gasteiger charge is 2.16. The van der Waals surface area contributed by atoms with Gasteiger partial charge >= 0.3 is 0 Å². The molecule has 0 aromatic heterocycles. The zero-order chi connectivity index (χ0) is 13.7. The van der Waals surface area contributed by atoms with Crippen LogP contribution in [-0.4, -0.2) is 42.9 Å². The highest BCUT2D eigenvalue weighted by atomic mass is 16.2. The van der Waals surface area contributed by atoms with Crippen LogP contribution in [-0.2, 0) is 9.59 Å². The quantitative estimate of drug-likeness (QED) is 0.668. The predicted octanol–water partition coefficient (Wildman–Crippen LogP) is 0.0292. The number of anilines is 2. The van der Waals surface area contributed by atoms with E-state index in [-0.39, 0.29) is 11.8 Å². The van der Waals surface area contributed by atoms with Gasteiger partial charge in [0.05, 0.1) is 6.54 Å². The van der Waals surface area contributed by atoms with Crippen molar-refractivity contribution in [2.75, 3.05) is 37.2 Å². The van der Waals surface area contributed by atoms with E-state index < -0.39 is 0 Å². The molecule has 6 nitrogen and oxygen atoms in total. The summed E-state index contributed by atoms with van der Waals surface area (Å²) in [7, 11) is 0. The van der Waals surface area contributed by atoms with Crippen molar-refractivity contribution >= 4 is 23.2 Å². The van der Waals surface area contributed by atoms with Gasteiger partial charge in [-0.15, -0.1) is 0 Å². The molecule has 2 rings (SSSR count). The number of carbonyl (C=O) groups excluding carboxylic acids is 2. The Morgan fingerprint density at radius 2 is 2.11 bits per heavy atom. The van der Waals surface area contributed by atoms with Gasteiger partial charge in [-0.1, -0.05) is 0 Å². The topological polar surface area (TPSA) is 87.5 Å². The lowest BCUT2D eigenvalue weighted by Crippen LogP contribution is -2.48. The maximum atomic E-state index is 11.8. The van der Waals surface area contributed by atoms with Gasteiger partial charge in [0.2, 0.25) is 11.8 Å². The van der Waals surface area contributed by atoms with Gasteiger partial charge in [-0.25, -0.2) is 0 Å². The molecule has 0 radical (unpaired) electrons. The zero-order valence-corrected chi connectivity index (χ0v) is 10.7. The molecule has 1 aromatic carbocycles. The van der Waals surface area contributed by atoms with Crippen LogP contribution in [0.15, 0.2) is 24.3 Å². The largest absolute Gasteiger partial charge is 0.399 e. The highest BCUT2D eigenvalue weighted by Crippen LogP contribution is 2.10. The van der Waals surface area contributed by atoms with Crippen molar-refractivity contribution in [2.45, 2.75) is 6.42 Å². The SMILES string of the molecule is Nc1ccc(NC(=O)CCN2CCNC(=O)C2)cc1. The van der Waals surface area contributed by atoms with E-state index in [1.807, 2.05) is 4.90 Å². The molecule has 2 amide bonds. The monoisotopic (exact) mass is 262 g/mol. The highest BCUT2D eigenvalue weighted by molar-refractivity contribution is 5.91. The third-order valence-corrected chi connectivity index (χ3v) is 2.97. The van der Waals surface area contributed by atoms with E-state index in [4.69, 9.17) is 5.73 Å². The predicted molar refractivity (Wildman–Crippen MR) is 73.6 cm³/mol. The standard InChI is InChI=1S/C13H18N4O2/c14-10-1-3-11(4-2-10)16-12(18)5-7-17-8-6-15-13(19)9-17/h1-4H,5-9,14H2,(H,15,19)(H,16,18). The fraction of sp³-hybridized carbons (Fsp3) is 0.385. The maximum Gasteiger partial charge on any atom is 0.234 e. The Hall–Kier alpha value is -2.08. The molecule has 0 atom stereocenters. The summed E-state index contributed by atoms with van der Waals surface area (Å²) in [5.41, 5.74) is 6.97. The molecule has 0 aliphatic carbocycles. The van der Waals surface area contributed by atoms with Crippen LogP contribution < -0.4 is 16.4 Å². The summed E-state index contributed by atoms with van der Waals surface area (Å²) in [5.74, 6) is -0.0408. The first kappa shape index (κ1) is 13.4. The third-order valence-electron chi connectivity index (χ3n) is 2.97. The van der Waals surface area contributed by atoms with Gasteiger partial charge in [-0.05, 0) is 24.3 Å². The number of nitrogens with two attached hydrogens (primary N) is 1. The molecule has 1 aromatic rings. The second kappa shape index (κ2) is 6.19. The molecular formula is C13H18N4O2. The normalized spacial score (nSPS) is 15.9. The number of nitrogen functional groups attached to an aromatic ring is 1. The van der Waals surface area contributed by atoms with E-state index in [0.29, 0.717) is 31.7 Å². The molecule has 19 heavy (non-hydrogen) atoms. The van der Waals surface area contributed by atoms with Gasteiger partial charge in [0.15, 0.2) is 0 Å². The summed E-state index contributed by atoms with van der Waals surface area (Å²) in [6.45, 7) is 2.41. The first-order chi connectivity index (χ1) is 9.13. The maximum absolute atomic E-state index is 11.8. The first-order valence-electron chi connectivity index (χ1n) is 6.28. The average Bonchev–Trinajstić information content (AvgIpc) is 2.39. The smallest absolute Gasteiger partial charge is 0.234 e. The minimum absolute atomic E-state index is 0.0187. The van der Waals surface area contributed by atoms with E-state index in [0.717, 1.165) is 12.2 Å². The lowest BCUT2D eigenvalue weighted by Gasteiger charge is -2.25. The molecule has 1 aliphatic heterocycles. The van der Waals surface area contributed by atoms with Gasteiger partial charge in [0, 0.05) is 37.4 Å². The Morgan fingerprint density at radius 3 is 2.79 bits per heavy atom. The molecule has 1 aliphatic rings. The van der Waals surface area contributed by atoms with Crippen molar-refractivity contribution in [1.82, 2.24) is 10.2 Å². The van der Waals surface area contributed by atoms with Gasteiger partial charge in [-0.2, -0.15) is 0 Å². The molecule has 1 heterocycles. The Kier molecular flexibility index (Phi) is 4.35. The van der Waals surface area contributed by atoms with Gasteiger partial charge < -0.3 is 16.4 Å².